The van der Waals surface area contributed by atoms with Crippen LogP contribution in [-0.4, -0.2) is 90.1 Å². The van der Waals surface area contributed by atoms with E-state index in [-0.39, 0.29) is 23.9 Å². The summed E-state index contributed by atoms with van der Waals surface area (Å²) in [7, 11) is 2.20. The minimum absolute atomic E-state index is 0. The summed E-state index contributed by atoms with van der Waals surface area (Å²) in [6.07, 6.45) is 7.75. The van der Waals surface area contributed by atoms with E-state index in [1.54, 1.807) is 0 Å². The maximum absolute atomic E-state index is 6.37. The standard InChI is InChI=1S/C24H47ClN4.CH4.3H2O/c1-18(2)23(26-12-10-21-14-28(5)17-27-21)15-29-13-11-22(24(3,4)16-29)19-6-8-20(25)9-7-19;;;;/h18-23,26-27H,6-17H2,1-5H3;1H4;3*1H2/t19?,20?,21?,22?,23-;;;;/m0..../s1. The minimum Gasteiger partial charge on any atom is -0.412 e. The largest absolute Gasteiger partial charge is 0.412 e. The number of hydrogen-bond acceptors (Lipinski definition) is 4. The van der Waals surface area contributed by atoms with Crippen LogP contribution in [0.25, 0.3) is 0 Å². The molecule has 8 N–H and O–H groups in total. The second-order valence-corrected chi connectivity index (χ2v) is 11.9. The fraction of sp³-hybridized carbons (Fsp3) is 1.00. The molecule has 3 fully saturated rings. The zero-order valence-corrected chi connectivity index (χ0v) is 22.0. The summed E-state index contributed by atoms with van der Waals surface area (Å²) in [6.45, 7) is 16.9. The zero-order valence-electron chi connectivity index (χ0n) is 21.2. The first-order valence-electron chi connectivity index (χ1n) is 12.3. The molecule has 0 bridgehead atoms. The van der Waals surface area contributed by atoms with Gasteiger partial charge in [0, 0.05) is 43.8 Å². The van der Waals surface area contributed by atoms with E-state index in [1.165, 1.54) is 64.7 Å². The summed E-state index contributed by atoms with van der Waals surface area (Å²) in [5.74, 6) is 2.45. The summed E-state index contributed by atoms with van der Waals surface area (Å²) < 4.78 is 0. The van der Waals surface area contributed by atoms with Crippen LogP contribution in [0.1, 0.15) is 73.6 Å². The molecule has 8 heteroatoms. The van der Waals surface area contributed by atoms with Gasteiger partial charge in [-0.3, -0.25) is 4.90 Å². The lowest BCUT2D eigenvalue weighted by atomic mass is 9.64. The molecule has 3 atom stereocenters. The third-order valence-electron chi connectivity index (χ3n) is 8.00. The third-order valence-corrected chi connectivity index (χ3v) is 8.44. The summed E-state index contributed by atoms with van der Waals surface area (Å²) >= 11 is 6.37. The average Bonchev–Trinajstić information content (AvgIpc) is 3.06. The van der Waals surface area contributed by atoms with Gasteiger partial charge in [0.05, 0.1) is 0 Å². The SMILES string of the molecule is C.CC(C)[C@H](CN1CCC(C2CCC(Cl)CC2)C(C)(C)C1)NCCC1CN(C)CN1.O.O.O. The molecule has 0 radical (unpaired) electrons. The van der Waals surface area contributed by atoms with Crippen molar-refractivity contribution in [2.24, 2.45) is 23.2 Å². The van der Waals surface area contributed by atoms with Crippen molar-refractivity contribution in [1.82, 2.24) is 20.4 Å². The number of piperidine rings is 1. The fourth-order valence-electron chi connectivity index (χ4n) is 6.21. The normalized spacial score (nSPS) is 31.0. The van der Waals surface area contributed by atoms with Crippen molar-refractivity contribution in [3.05, 3.63) is 0 Å². The van der Waals surface area contributed by atoms with Gasteiger partial charge in [-0.25, -0.2) is 0 Å². The van der Waals surface area contributed by atoms with Crippen molar-refractivity contribution in [1.29, 1.82) is 0 Å². The van der Waals surface area contributed by atoms with Gasteiger partial charge in [0.2, 0.25) is 0 Å². The van der Waals surface area contributed by atoms with Gasteiger partial charge in [-0.1, -0.05) is 35.1 Å². The van der Waals surface area contributed by atoms with Crippen LogP contribution < -0.4 is 10.6 Å². The monoisotopic (exact) mass is 496 g/mol. The molecular weight excluding hydrogens is 440 g/mol. The van der Waals surface area contributed by atoms with E-state index < -0.39 is 0 Å². The Hall–Kier alpha value is 0.01000. The number of alkyl halides is 1. The molecule has 0 amide bonds. The highest BCUT2D eigenvalue weighted by atomic mass is 35.5. The summed E-state index contributed by atoms with van der Waals surface area (Å²) in [6, 6.07) is 1.24. The first kappa shape index (κ1) is 35.2. The summed E-state index contributed by atoms with van der Waals surface area (Å²) in [4.78, 5) is 5.12. The van der Waals surface area contributed by atoms with Crippen LogP contribution in [-0.2, 0) is 0 Å². The first-order valence-corrected chi connectivity index (χ1v) is 12.7. The highest BCUT2D eigenvalue weighted by Crippen LogP contribution is 2.45. The van der Waals surface area contributed by atoms with E-state index in [9.17, 15) is 0 Å². The molecular formula is C25H57ClN4O3. The molecule has 2 heterocycles. The Morgan fingerprint density at radius 2 is 1.70 bits per heavy atom. The summed E-state index contributed by atoms with van der Waals surface area (Å²) in [5, 5.41) is 7.94. The van der Waals surface area contributed by atoms with Gasteiger partial charge in [-0.05, 0) is 81.8 Å². The molecule has 0 aromatic carbocycles. The van der Waals surface area contributed by atoms with E-state index in [0.29, 0.717) is 28.8 Å². The van der Waals surface area contributed by atoms with Crippen molar-refractivity contribution in [3.8, 4) is 0 Å². The Bertz CT molecular complexity index is 504. The Kier molecular flexibility index (Phi) is 16.9. The lowest BCUT2D eigenvalue weighted by molar-refractivity contribution is 0.00484. The van der Waals surface area contributed by atoms with E-state index in [1.807, 2.05) is 0 Å². The molecule has 0 aromatic rings. The minimum atomic E-state index is 0. The summed E-state index contributed by atoms with van der Waals surface area (Å²) in [5.41, 5.74) is 0.419. The van der Waals surface area contributed by atoms with Gasteiger partial charge >= 0.3 is 0 Å². The molecule has 2 saturated heterocycles. The maximum atomic E-state index is 6.37. The Morgan fingerprint density at radius 1 is 1.06 bits per heavy atom. The van der Waals surface area contributed by atoms with Crippen molar-refractivity contribution < 1.29 is 16.4 Å². The smallest absolute Gasteiger partial charge is 0.0480 e. The van der Waals surface area contributed by atoms with Crippen LogP contribution in [0, 0.1) is 23.2 Å². The van der Waals surface area contributed by atoms with Crippen LogP contribution in [0.5, 0.6) is 0 Å². The van der Waals surface area contributed by atoms with Crippen LogP contribution in [0.15, 0.2) is 0 Å². The Balaban J connectivity index is 0. The second kappa shape index (κ2) is 15.9. The molecule has 2 aliphatic heterocycles. The van der Waals surface area contributed by atoms with Crippen LogP contribution in [0.2, 0.25) is 0 Å². The Labute approximate surface area is 209 Å². The molecule has 3 rings (SSSR count). The number of halogens is 1. The lowest BCUT2D eigenvalue weighted by Gasteiger charge is -2.49. The van der Waals surface area contributed by atoms with Crippen molar-refractivity contribution >= 4 is 11.6 Å². The van der Waals surface area contributed by atoms with Crippen LogP contribution in [0.3, 0.4) is 0 Å². The molecule has 33 heavy (non-hydrogen) atoms. The molecule has 1 aliphatic carbocycles. The van der Waals surface area contributed by atoms with Crippen LogP contribution >= 0.6 is 11.6 Å². The predicted octanol–water partition coefficient (Wildman–Crippen LogP) is 2.16. The Morgan fingerprint density at radius 3 is 2.21 bits per heavy atom. The zero-order chi connectivity index (χ0) is 21.0. The molecule has 3 aliphatic rings. The van der Waals surface area contributed by atoms with E-state index in [0.717, 1.165) is 25.0 Å². The molecule has 0 aromatic heterocycles. The highest BCUT2D eigenvalue weighted by molar-refractivity contribution is 6.20. The van der Waals surface area contributed by atoms with Gasteiger partial charge in [0.15, 0.2) is 0 Å². The number of nitrogens with zero attached hydrogens (tertiary/aromatic N) is 2. The van der Waals surface area contributed by atoms with Crippen LogP contribution in [0.4, 0.5) is 0 Å². The lowest BCUT2D eigenvalue weighted by Crippen LogP contribution is -2.53. The number of likely N-dealkylation sites (N-methyl/N-ethyl adjacent to an activating group) is 1. The van der Waals surface area contributed by atoms with Crippen molar-refractivity contribution in [2.45, 2.75) is 91.1 Å². The van der Waals surface area contributed by atoms with Gasteiger partial charge in [-0.15, -0.1) is 11.6 Å². The molecule has 2 unspecified atom stereocenters. The molecule has 1 saturated carbocycles. The predicted molar refractivity (Wildman–Crippen MR) is 143 cm³/mol. The molecule has 202 valence electrons. The van der Waals surface area contributed by atoms with E-state index in [4.69, 9.17) is 11.6 Å². The highest BCUT2D eigenvalue weighted by Gasteiger charge is 2.41. The van der Waals surface area contributed by atoms with E-state index in [2.05, 4.69) is 55.2 Å². The molecule has 0 spiro atoms. The van der Waals surface area contributed by atoms with Gasteiger partial charge in [0.25, 0.3) is 0 Å². The number of nitrogens with one attached hydrogen (secondary N) is 2. The topological polar surface area (TPSA) is 125 Å². The van der Waals surface area contributed by atoms with Gasteiger partial charge in [0.1, 0.15) is 0 Å². The fourth-order valence-corrected chi connectivity index (χ4v) is 6.46. The van der Waals surface area contributed by atoms with Crippen molar-refractivity contribution in [3.63, 3.8) is 0 Å². The van der Waals surface area contributed by atoms with Gasteiger partial charge in [-0.2, -0.15) is 0 Å². The number of likely N-dealkylation sites (tertiary alicyclic amines) is 1. The number of rotatable bonds is 8. The van der Waals surface area contributed by atoms with E-state index >= 15 is 0 Å². The molecule has 7 nitrogen and oxygen atoms in total. The number of hydrogen-bond donors (Lipinski definition) is 2. The maximum Gasteiger partial charge on any atom is 0.0480 e. The van der Waals surface area contributed by atoms with Gasteiger partial charge < -0.3 is 32.0 Å². The quantitative estimate of drug-likeness (QED) is 0.499. The third kappa shape index (κ3) is 10.3. The second-order valence-electron chi connectivity index (χ2n) is 11.3. The van der Waals surface area contributed by atoms with Crippen molar-refractivity contribution in [2.75, 3.05) is 46.4 Å². The first-order chi connectivity index (χ1) is 13.7. The average molecular weight is 497 g/mol.